The molecular formula is C32H42FN3O5Si. The molecule has 3 aliphatic rings. The summed E-state index contributed by atoms with van der Waals surface area (Å²) in [6.45, 7) is 5.91. The van der Waals surface area contributed by atoms with E-state index >= 15 is 4.11 Å². The van der Waals surface area contributed by atoms with Crippen LogP contribution in [0.3, 0.4) is 0 Å². The van der Waals surface area contributed by atoms with Crippen molar-refractivity contribution in [3.05, 3.63) is 59.7 Å². The van der Waals surface area contributed by atoms with Crippen LogP contribution in [0.4, 0.5) is 15.5 Å². The van der Waals surface area contributed by atoms with Gasteiger partial charge in [-0.25, -0.2) is 0 Å². The van der Waals surface area contributed by atoms with E-state index in [4.69, 9.17) is 4.74 Å². The molecule has 2 saturated heterocycles. The number of benzene rings is 2. The molecule has 2 aromatic carbocycles. The van der Waals surface area contributed by atoms with E-state index in [9.17, 15) is 19.5 Å². The molecule has 226 valence electrons. The Balaban J connectivity index is 1.47. The van der Waals surface area contributed by atoms with E-state index in [0.29, 0.717) is 36.4 Å². The lowest BCUT2D eigenvalue weighted by Crippen LogP contribution is -2.42. The number of nitrogens with zero attached hydrogens (tertiary/aromatic N) is 2. The van der Waals surface area contributed by atoms with Crippen molar-refractivity contribution in [1.29, 1.82) is 0 Å². The molecule has 3 amide bonds. The summed E-state index contributed by atoms with van der Waals surface area (Å²) < 4.78 is 22.7. The van der Waals surface area contributed by atoms with Crippen molar-refractivity contribution >= 4 is 37.5 Å². The molecule has 3 heterocycles. The molecule has 0 aliphatic carbocycles. The second-order valence-corrected chi connectivity index (χ2v) is 16.2. The summed E-state index contributed by atoms with van der Waals surface area (Å²) in [7, 11) is -3.45. The van der Waals surface area contributed by atoms with Gasteiger partial charge in [-0.2, -0.15) is 0 Å². The van der Waals surface area contributed by atoms with Crippen LogP contribution >= 0.6 is 0 Å². The summed E-state index contributed by atoms with van der Waals surface area (Å²) in [6, 6.07) is 15.0. The van der Waals surface area contributed by atoms with Gasteiger partial charge in [0.1, 0.15) is 0 Å². The quantitative estimate of drug-likeness (QED) is 0.326. The number of fused-ring (bicyclic) bond motifs is 2. The Labute approximate surface area is 248 Å². The molecule has 1 spiro atoms. The molecular weight excluding hydrogens is 553 g/mol. The normalized spacial score (nSPS) is 26.1. The van der Waals surface area contributed by atoms with Crippen LogP contribution in [0, 0.1) is 5.92 Å². The molecule has 0 aromatic heterocycles. The van der Waals surface area contributed by atoms with Gasteiger partial charge in [0.15, 0.2) is 5.60 Å². The Hall–Kier alpha value is -3.08. The van der Waals surface area contributed by atoms with E-state index in [1.165, 1.54) is 0 Å². The molecule has 0 unspecified atom stereocenters. The molecule has 0 bridgehead atoms. The van der Waals surface area contributed by atoms with E-state index < -0.39 is 31.6 Å². The van der Waals surface area contributed by atoms with Crippen LogP contribution in [0.25, 0.3) is 0 Å². The second-order valence-electron chi connectivity index (χ2n) is 12.4. The van der Waals surface area contributed by atoms with Gasteiger partial charge in [0.25, 0.3) is 5.91 Å². The van der Waals surface area contributed by atoms with Crippen molar-refractivity contribution in [2.24, 2.45) is 5.92 Å². The minimum atomic E-state index is -3.45. The van der Waals surface area contributed by atoms with Gasteiger partial charge in [-0.1, -0.05) is 50.1 Å². The van der Waals surface area contributed by atoms with Gasteiger partial charge in [0.2, 0.25) is 20.2 Å². The molecule has 10 heteroatoms. The van der Waals surface area contributed by atoms with Gasteiger partial charge >= 0.3 is 0 Å². The number of carbonyl (C=O) groups excluding carboxylic acids is 3. The fraction of sp³-hybridized carbons (Fsp3) is 0.531. The topological polar surface area (TPSA) is 99.2 Å². The SMILES string of the molecule is C[C@@H]1[C@@H]([Si](C)(C)F)[C@H](CC(=O)N(CCO)Cc2ccccc2)O[C@@]12C(=O)Nc1ccc(N3CCCCCCC3=O)cc12. The first kappa shape index (κ1) is 30.4. The lowest BCUT2D eigenvalue weighted by atomic mass is 9.82. The van der Waals surface area contributed by atoms with E-state index in [1.807, 2.05) is 49.4 Å². The minimum absolute atomic E-state index is 0.0578. The van der Waals surface area contributed by atoms with Crippen molar-refractivity contribution in [3.63, 3.8) is 0 Å². The molecule has 2 aromatic rings. The number of carbonyl (C=O) groups is 3. The average Bonchev–Trinajstić information content (AvgIpc) is 3.39. The number of amides is 3. The number of rotatable bonds is 8. The van der Waals surface area contributed by atoms with Crippen LogP contribution in [0.1, 0.15) is 56.6 Å². The highest BCUT2D eigenvalue weighted by molar-refractivity contribution is 6.72. The third kappa shape index (κ3) is 5.76. The largest absolute Gasteiger partial charge is 0.395 e. The number of hydrogen-bond acceptors (Lipinski definition) is 5. The van der Waals surface area contributed by atoms with E-state index in [0.717, 1.165) is 31.2 Å². The smallest absolute Gasteiger partial charge is 0.261 e. The van der Waals surface area contributed by atoms with Crippen molar-refractivity contribution in [1.82, 2.24) is 4.90 Å². The van der Waals surface area contributed by atoms with E-state index in [-0.39, 0.29) is 37.3 Å². The highest BCUT2D eigenvalue weighted by Crippen LogP contribution is 2.59. The number of anilines is 2. The molecule has 8 nitrogen and oxygen atoms in total. The van der Waals surface area contributed by atoms with E-state index in [1.54, 1.807) is 29.0 Å². The summed E-state index contributed by atoms with van der Waals surface area (Å²) in [5, 5.41) is 12.6. The van der Waals surface area contributed by atoms with Crippen molar-refractivity contribution < 1.29 is 28.3 Å². The van der Waals surface area contributed by atoms with Crippen molar-refractivity contribution in [3.8, 4) is 0 Å². The Kier molecular flexibility index (Phi) is 8.87. The Bertz CT molecular complexity index is 1320. The maximum atomic E-state index is 16.1. The third-order valence-corrected chi connectivity index (χ3v) is 11.6. The van der Waals surface area contributed by atoms with Gasteiger partial charge in [-0.15, -0.1) is 0 Å². The first-order valence-electron chi connectivity index (χ1n) is 15.1. The number of aliphatic hydroxyl groups is 1. The monoisotopic (exact) mass is 595 g/mol. The van der Waals surface area contributed by atoms with E-state index in [2.05, 4.69) is 5.32 Å². The summed E-state index contributed by atoms with van der Waals surface area (Å²) >= 11 is 0. The van der Waals surface area contributed by atoms with Gasteiger partial charge in [0.05, 0.1) is 19.1 Å². The zero-order valence-electron chi connectivity index (χ0n) is 24.8. The number of aliphatic hydroxyl groups excluding tert-OH is 1. The van der Waals surface area contributed by atoms with Gasteiger partial charge in [-0.3, -0.25) is 14.4 Å². The predicted molar refractivity (Wildman–Crippen MR) is 162 cm³/mol. The summed E-state index contributed by atoms with van der Waals surface area (Å²) in [4.78, 5) is 43.8. The Morgan fingerprint density at radius 3 is 2.60 bits per heavy atom. The molecule has 5 rings (SSSR count). The number of halogens is 1. The van der Waals surface area contributed by atoms with Crippen LogP contribution in [0.2, 0.25) is 18.6 Å². The van der Waals surface area contributed by atoms with Gasteiger partial charge < -0.3 is 29.1 Å². The van der Waals surface area contributed by atoms with Crippen molar-refractivity contribution in [2.45, 2.75) is 82.3 Å². The molecule has 0 saturated carbocycles. The van der Waals surface area contributed by atoms with Crippen LogP contribution in [0.5, 0.6) is 0 Å². The molecule has 42 heavy (non-hydrogen) atoms. The van der Waals surface area contributed by atoms with Gasteiger partial charge in [0, 0.05) is 54.5 Å². The predicted octanol–water partition coefficient (Wildman–Crippen LogP) is 5.12. The summed E-state index contributed by atoms with van der Waals surface area (Å²) in [5.41, 5.74) is 0.718. The highest BCUT2D eigenvalue weighted by atomic mass is 28.4. The number of nitrogens with one attached hydrogen (secondary N) is 1. The fourth-order valence-corrected chi connectivity index (χ4v) is 9.67. The fourth-order valence-electron chi connectivity index (χ4n) is 7.17. The number of hydrogen-bond donors (Lipinski definition) is 2. The van der Waals surface area contributed by atoms with Crippen LogP contribution in [-0.2, 0) is 31.3 Å². The molecule has 3 aliphatic heterocycles. The first-order valence-corrected chi connectivity index (χ1v) is 18.1. The standard InChI is InChI=1S/C32H42FN3O5Si/c1-22-30(42(2,3)33)27(20-29(39)35(17-18-37)21-23-11-7-6-8-12-23)41-32(22)25-19-24(14-15-26(25)34-31(32)40)36-16-10-5-4-9-13-28(36)38/h6-8,11-12,14-15,19,22,27,30,37H,4-5,9-10,13,16-18,20-21H2,1-3H3,(H,34,40)/t22-,27+,30-,32+/m1/s1. The molecule has 2 fully saturated rings. The maximum absolute atomic E-state index is 16.1. The van der Waals surface area contributed by atoms with Gasteiger partial charge in [-0.05, 0) is 49.7 Å². The van der Waals surface area contributed by atoms with Crippen LogP contribution < -0.4 is 10.2 Å². The lowest BCUT2D eigenvalue weighted by molar-refractivity contribution is -0.148. The maximum Gasteiger partial charge on any atom is 0.261 e. The first-order chi connectivity index (χ1) is 20.1. The second kappa shape index (κ2) is 12.3. The molecule has 4 atom stereocenters. The van der Waals surface area contributed by atoms with Crippen LogP contribution in [0.15, 0.2) is 48.5 Å². The Morgan fingerprint density at radius 2 is 1.88 bits per heavy atom. The average molecular weight is 596 g/mol. The number of ether oxygens (including phenoxy) is 1. The molecule has 0 radical (unpaired) electrons. The Morgan fingerprint density at radius 1 is 1.14 bits per heavy atom. The minimum Gasteiger partial charge on any atom is -0.395 e. The zero-order valence-corrected chi connectivity index (χ0v) is 25.8. The molecule has 2 N–H and O–H groups in total. The highest BCUT2D eigenvalue weighted by Gasteiger charge is 2.65. The summed E-state index contributed by atoms with van der Waals surface area (Å²) in [5.74, 6) is -1.11. The zero-order chi connectivity index (χ0) is 30.1. The third-order valence-electron chi connectivity index (χ3n) is 9.15. The summed E-state index contributed by atoms with van der Waals surface area (Å²) in [6.07, 6.45) is 3.42. The van der Waals surface area contributed by atoms with Crippen molar-refractivity contribution in [2.75, 3.05) is 29.9 Å². The lowest BCUT2D eigenvalue weighted by Gasteiger charge is -2.31. The van der Waals surface area contributed by atoms with Crippen LogP contribution in [-0.4, -0.2) is 61.9 Å².